The largest absolute Gasteiger partial charge is 0.363 e. The Morgan fingerprint density at radius 2 is 1.75 bits per heavy atom. The van der Waals surface area contributed by atoms with Crippen molar-refractivity contribution in [1.82, 2.24) is 15.1 Å². The van der Waals surface area contributed by atoms with Gasteiger partial charge in [-0.15, -0.1) is 0 Å². The topological polar surface area (TPSA) is 63.8 Å². The summed E-state index contributed by atoms with van der Waals surface area (Å²) in [6, 6.07) is 18.2. The molecule has 0 saturated heterocycles. The SMILES string of the molecule is Cc1ccc(CNc2ncnc3c(-c4ccccc4)noc23)cc1. The highest BCUT2D eigenvalue weighted by atomic mass is 16.5. The van der Waals surface area contributed by atoms with Crippen molar-refractivity contribution in [3.8, 4) is 11.3 Å². The molecule has 1 N–H and O–H groups in total. The maximum absolute atomic E-state index is 5.50. The van der Waals surface area contributed by atoms with Gasteiger partial charge in [0.15, 0.2) is 5.82 Å². The minimum atomic E-state index is 0.573. The second-order valence-corrected chi connectivity index (χ2v) is 5.64. The lowest BCUT2D eigenvalue weighted by Crippen LogP contribution is -2.02. The molecule has 0 fully saturated rings. The van der Waals surface area contributed by atoms with Gasteiger partial charge >= 0.3 is 0 Å². The minimum absolute atomic E-state index is 0.573. The van der Waals surface area contributed by atoms with Crippen molar-refractivity contribution in [3.63, 3.8) is 0 Å². The zero-order valence-electron chi connectivity index (χ0n) is 13.2. The molecule has 5 heteroatoms. The van der Waals surface area contributed by atoms with Crippen LogP contribution in [0.1, 0.15) is 11.1 Å². The van der Waals surface area contributed by atoms with Crippen molar-refractivity contribution in [2.75, 3.05) is 5.32 Å². The van der Waals surface area contributed by atoms with Crippen LogP contribution in [0.3, 0.4) is 0 Å². The smallest absolute Gasteiger partial charge is 0.228 e. The maximum atomic E-state index is 5.50. The highest BCUT2D eigenvalue weighted by molar-refractivity contribution is 5.93. The fourth-order valence-corrected chi connectivity index (χ4v) is 2.57. The van der Waals surface area contributed by atoms with Crippen LogP contribution in [-0.4, -0.2) is 15.1 Å². The van der Waals surface area contributed by atoms with Gasteiger partial charge in [0.05, 0.1) is 0 Å². The lowest BCUT2D eigenvalue weighted by Gasteiger charge is -2.05. The van der Waals surface area contributed by atoms with Crippen LogP contribution in [0, 0.1) is 6.92 Å². The summed E-state index contributed by atoms with van der Waals surface area (Å²) in [5.41, 5.74) is 5.40. The van der Waals surface area contributed by atoms with E-state index in [0.29, 0.717) is 23.5 Å². The van der Waals surface area contributed by atoms with Gasteiger partial charge in [-0.05, 0) is 12.5 Å². The summed E-state index contributed by atoms with van der Waals surface area (Å²) in [7, 11) is 0. The van der Waals surface area contributed by atoms with E-state index in [-0.39, 0.29) is 0 Å². The summed E-state index contributed by atoms with van der Waals surface area (Å²) < 4.78 is 5.50. The predicted molar refractivity (Wildman–Crippen MR) is 93.5 cm³/mol. The van der Waals surface area contributed by atoms with Gasteiger partial charge in [0.2, 0.25) is 5.58 Å². The van der Waals surface area contributed by atoms with Crippen LogP contribution in [0.15, 0.2) is 65.4 Å². The Hall–Kier alpha value is -3.21. The van der Waals surface area contributed by atoms with Crippen LogP contribution < -0.4 is 5.32 Å². The quantitative estimate of drug-likeness (QED) is 0.611. The third-order valence-electron chi connectivity index (χ3n) is 3.88. The molecule has 0 unspecified atom stereocenters. The summed E-state index contributed by atoms with van der Waals surface area (Å²) in [6.45, 7) is 2.73. The number of aryl methyl sites for hydroxylation is 1. The number of nitrogens with zero attached hydrogens (tertiary/aromatic N) is 3. The molecular formula is C19H16N4O. The number of anilines is 1. The predicted octanol–water partition coefficient (Wildman–Crippen LogP) is 4.21. The van der Waals surface area contributed by atoms with E-state index in [9.17, 15) is 0 Å². The van der Waals surface area contributed by atoms with Crippen LogP contribution in [0.4, 0.5) is 5.82 Å². The first-order valence-electron chi connectivity index (χ1n) is 7.76. The maximum Gasteiger partial charge on any atom is 0.228 e. The molecule has 4 rings (SSSR count). The number of benzene rings is 2. The number of aromatic nitrogens is 3. The Balaban J connectivity index is 1.65. The van der Waals surface area contributed by atoms with Gasteiger partial charge in [-0.25, -0.2) is 9.97 Å². The third kappa shape index (κ3) is 2.72. The monoisotopic (exact) mass is 316 g/mol. The van der Waals surface area contributed by atoms with Crippen molar-refractivity contribution >= 4 is 16.9 Å². The molecule has 4 aromatic rings. The van der Waals surface area contributed by atoms with Crippen LogP contribution in [-0.2, 0) is 6.54 Å². The molecule has 0 saturated carbocycles. The second kappa shape index (κ2) is 6.12. The molecule has 0 aliphatic heterocycles. The molecule has 0 radical (unpaired) electrons. The van der Waals surface area contributed by atoms with Crippen LogP contribution in [0.5, 0.6) is 0 Å². The number of hydrogen-bond acceptors (Lipinski definition) is 5. The number of hydrogen-bond donors (Lipinski definition) is 1. The summed E-state index contributed by atoms with van der Waals surface area (Å²) in [5, 5.41) is 7.48. The van der Waals surface area contributed by atoms with Crippen LogP contribution in [0.2, 0.25) is 0 Å². The average Bonchev–Trinajstić information content (AvgIpc) is 3.07. The number of rotatable bonds is 4. The van der Waals surface area contributed by atoms with E-state index < -0.39 is 0 Å². The van der Waals surface area contributed by atoms with Crippen LogP contribution >= 0.6 is 0 Å². The van der Waals surface area contributed by atoms with Gasteiger partial charge in [-0.1, -0.05) is 65.3 Å². The standard InChI is InChI=1S/C19H16N4O/c1-13-7-9-14(10-8-13)11-20-19-18-17(21-12-22-19)16(23-24-18)15-5-3-2-4-6-15/h2-10,12H,11H2,1H3,(H,20,21,22). The molecule has 0 spiro atoms. The number of fused-ring (bicyclic) bond motifs is 1. The Labute approximate surface area is 139 Å². The number of nitrogens with one attached hydrogen (secondary N) is 1. The third-order valence-corrected chi connectivity index (χ3v) is 3.88. The molecule has 5 nitrogen and oxygen atoms in total. The van der Waals surface area contributed by atoms with Gasteiger partial charge in [0.1, 0.15) is 17.5 Å². The van der Waals surface area contributed by atoms with Crippen LogP contribution in [0.25, 0.3) is 22.4 Å². The molecule has 0 atom stereocenters. The first-order chi connectivity index (χ1) is 11.8. The highest BCUT2D eigenvalue weighted by Gasteiger charge is 2.15. The normalized spacial score (nSPS) is 10.9. The molecule has 0 aliphatic carbocycles. The van der Waals surface area contributed by atoms with Gasteiger partial charge in [-0.3, -0.25) is 0 Å². The Morgan fingerprint density at radius 3 is 2.54 bits per heavy atom. The summed E-state index contributed by atoms with van der Waals surface area (Å²) >= 11 is 0. The fourth-order valence-electron chi connectivity index (χ4n) is 2.57. The van der Waals surface area contributed by atoms with Crippen molar-refractivity contribution in [1.29, 1.82) is 0 Å². The second-order valence-electron chi connectivity index (χ2n) is 5.64. The molecule has 2 aromatic carbocycles. The lowest BCUT2D eigenvalue weighted by atomic mass is 10.1. The average molecular weight is 316 g/mol. The summed E-state index contributed by atoms with van der Waals surface area (Å²) in [6.07, 6.45) is 1.53. The molecule has 0 bridgehead atoms. The highest BCUT2D eigenvalue weighted by Crippen LogP contribution is 2.29. The fraction of sp³-hybridized carbons (Fsp3) is 0.105. The van der Waals surface area contributed by atoms with E-state index in [4.69, 9.17) is 4.52 Å². The Kier molecular flexibility index (Phi) is 3.67. The first kappa shape index (κ1) is 14.4. The van der Waals surface area contributed by atoms with E-state index >= 15 is 0 Å². The Morgan fingerprint density at radius 1 is 0.958 bits per heavy atom. The molecular weight excluding hydrogens is 300 g/mol. The molecule has 0 amide bonds. The summed E-state index contributed by atoms with van der Waals surface area (Å²) in [5.74, 6) is 0.648. The van der Waals surface area contributed by atoms with E-state index in [2.05, 4.69) is 51.6 Å². The Bertz CT molecular complexity index is 962. The van der Waals surface area contributed by atoms with E-state index in [1.807, 2.05) is 30.3 Å². The molecule has 2 heterocycles. The zero-order chi connectivity index (χ0) is 16.4. The zero-order valence-corrected chi connectivity index (χ0v) is 13.2. The van der Waals surface area contributed by atoms with Crippen molar-refractivity contribution in [3.05, 3.63) is 72.1 Å². The van der Waals surface area contributed by atoms with E-state index in [1.165, 1.54) is 17.5 Å². The molecule has 118 valence electrons. The van der Waals surface area contributed by atoms with Gasteiger partial charge in [-0.2, -0.15) is 0 Å². The van der Waals surface area contributed by atoms with Crippen molar-refractivity contribution in [2.24, 2.45) is 0 Å². The molecule has 2 aromatic heterocycles. The van der Waals surface area contributed by atoms with Gasteiger partial charge in [0.25, 0.3) is 0 Å². The summed E-state index contributed by atoms with van der Waals surface area (Å²) in [4.78, 5) is 8.63. The van der Waals surface area contributed by atoms with Gasteiger partial charge in [0, 0.05) is 12.1 Å². The first-order valence-corrected chi connectivity index (χ1v) is 7.76. The van der Waals surface area contributed by atoms with Crippen molar-refractivity contribution in [2.45, 2.75) is 13.5 Å². The molecule has 0 aliphatic rings. The van der Waals surface area contributed by atoms with E-state index in [0.717, 1.165) is 11.3 Å². The van der Waals surface area contributed by atoms with E-state index in [1.54, 1.807) is 0 Å². The molecule has 24 heavy (non-hydrogen) atoms. The van der Waals surface area contributed by atoms with Crippen molar-refractivity contribution < 1.29 is 4.52 Å². The van der Waals surface area contributed by atoms with Gasteiger partial charge < -0.3 is 9.84 Å². The lowest BCUT2D eigenvalue weighted by molar-refractivity contribution is 0.459. The minimum Gasteiger partial charge on any atom is -0.363 e.